The van der Waals surface area contributed by atoms with Crippen molar-refractivity contribution >= 4 is 0 Å². The molecule has 6 heteroatoms. The van der Waals surface area contributed by atoms with Crippen LogP contribution in [0.25, 0.3) is 5.69 Å². The molecule has 0 aliphatic carbocycles. The van der Waals surface area contributed by atoms with Crippen molar-refractivity contribution < 1.29 is 13.9 Å². The molecule has 22 heavy (non-hydrogen) atoms. The van der Waals surface area contributed by atoms with Crippen molar-refractivity contribution in [2.24, 2.45) is 0 Å². The molecule has 2 heterocycles. The standard InChI is InChI=1S/C16H20FN3O2/c1-19(11-16-12-21-5-6-22-16)9-13-8-18-20(10-13)15-4-2-3-14(17)7-15/h2-4,7-8,10,16H,5-6,9,11-12H2,1H3/t16-/m0/s1. The number of nitrogens with zero attached hydrogens (tertiary/aromatic N) is 3. The quantitative estimate of drug-likeness (QED) is 0.845. The van der Waals surface area contributed by atoms with E-state index in [0.29, 0.717) is 19.8 Å². The van der Waals surface area contributed by atoms with Crippen molar-refractivity contribution in [2.75, 3.05) is 33.4 Å². The molecule has 0 amide bonds. The summed E-state index contributed by atoms with van der Waals surface area (Å²) in [5.41, 5.74) is 1.79. The Bertz CT molecular complexity index is 611. The summed E-state index contributed by atoms with van der Waals surface area (Å²) in [5.74, 6) is -0.263. The fraction of sp³-hybridized carbons (Fsp3) is 0.438. The van der Waals surface area contributed by atoms with Crippen LogP contribution in [0.4, 0.5) is 4.39 Å². The van der Waals surface area contributed by atoms with Crippen LogP contribution in [0.15, 0.2) is 36.7 Å². The summed E-state index contributed by atoms with van der Waals surface area (Å²) in [7, 11) is 2.04. The Balaban J connectivity index is 1.59. The van der Waals surface area contributed by atoms with E-state index in [1.807, 2.05) is 19.3 Å². The molecule has 1 aliphatic rings. The minimum atomic E-state index is -0.263. The minimum Gasteiger partial charge on any atom is -0.376 e. The van der Waals surface area contributed by atoms with Crippen molar-refractivity contribution in [3.05, 3.63) is 48.0 Å². The van der Waals surface area contributed by atoms with Crippen LogP contribution < -0.4 is 0 Å². The maximum atomic E-state index is 13.3. The number of ether oxygens (including phenoxy) is 2. The van der Waals surface area contributed by atoms with Crippen LogP contribution in [-0.2, 0) is 16.0 Å². The van der Waals surface area contributed by atoms with Gasteiger partial charge in [0.1, 0.15) is 5.82 Å². The fourth-order valence-electron chi connectivity index (χ4n) is 2.57. The summed E-state index contributed by atoms with van der Waals surface area (Å²) in [6.45, 7) is 3.56. The van der Waals surface area contributed by atoms with E-state index in [4.69, 9.17) is 9.47 Å². The Hall–Kier alpha value is -1.76. The lowest BCUT2D eigenvalue weighted by Gasteiger charge is -2.27. The van der Waals surface area contributed by atoms with Crippen molar-refractivity contribution in [2.45, 2.75) is 12.6 Å². The van der Waals surface area contributed by atoms with Crippen molar-refractivity contribution in [1.82, 2.24) is 14.7 Å². The smallest absolute Gasteiger partial charge is 0.125 e. The Kier molecular flexibility index (Phi) is 4.82. The number of halogens is 1. The summed E-state index contributed by atoms with van der Waals surface area (Å²) in [6.07, 6.45) is 3.85. The topological polar surface area (TPSA) is 39.5 Å². The minimum absolute atomic E-state index is 0.122. The van der Waals surface area contributed by atoms with E-state index in [1.165, 1.54) is 12.1 Å². The number of benzene rings is 1. The molecule has 0 N–H and O–H groups in total. The monoisotopic (exact) mass is 305 g/mol. The summed E-state index contributed by atoms with van der Waals surface area (Å²) in [5, 5.41) is 4.29. The summed E-state index contributed by atoms with van der Waals surface area (Å²) in [4.78, 5) is 2.17. The second-order valence-corrected chi connectivity index (χ2v) is 5.54. The van der Waals surface area contributed by atoms with Crippen LogP contribution >= 0.6 is 0 Å². The van der Waals surface area contributed by atoms with E-state index >= 15 is 0 Å². The summed E-state index contributed by atoms with van der Waals surface area (Å²) >= 11 is 0. The molecule has 1 fully saturated rings. The van der Waals surface area contributed by atoms with Gasteiger partial charge in [-0.05, 0) is 25.2 Å². The Labute approximate surface area is 129 Å². The van der Waals surface area contributed by atoms with Gasteiger partial charge in [0.15, 0.2) is 0 Å². The van der Waals surface area contributed by atoms with Gasteiger partial charge in [-0.25, -0.2) is 9.07 Å². The van der Waals surface area contributed by atoms with Gasteiger partial charge in [0, 0.05) is 24.8 Å². The molecule has 1 aromatic heterocycles. The second-order valence-electron chi connectivity index (χ2n) is 5.54. The SMILES string of the molecule is CN(Cc1cnn(-c2cccc(F)c2)c1)C[C@H]1COCCO1. The van der Waals surface area contributed by atoms with Crippen LogP contribution in [0.2, 0.25) is 0 Å². The first-order chi connectivity index (χ1) is 10.7. The number of aromatic nitrogens is 2. The fourth-order valence-corrected chi connectivity index (χ4v) is 2.57. The summed E-state index contributed by atoms with van der Waals surface area (Å²) < 4.78 is 26.0. The maximum absolute atomic E-state index is 13.3. The highest BCUT2D eigenvalue weighted by Crippen LogP contribution is 2.12. The van der Waals surface area contributed by atoms with Gasteiger partial charge in [0.2, 0.25) is 0 Å². The largest absolute Gasteiger partial charge is 0.376 e. The van der Waals surface area contributed by atoms with Gasteiger partial charge in [0.25, 0.3) is 0 Å². The predicted octanol–water partition coefficient (Wildman–Crippen LogP) is 1.86. The Morgan fingerprint density at radius 2 is 2.32 bits per heavy atom. The Morgan fingerprint density at radius 3 is 3.09 bits per heavy atom. The van der Waals surface area contributed by atoms with Gasteiger partial charge in [0.05, 0.1) is 37.8 Å². The zero-order chi connectivity index (χ0) is 15.4. The molecule has 2 aromatic rings. The first-order valence-electron chi connectivity index (χ1n) is 7.38. The average Bonchev–Trinajstić information content (AvgIpc) is 2.96. The lowest BCUT2D eigenvalue weighted by atomic mass is 10.3. The second kappa shape index (κ2) is 7.00. The normalized spacial score (nSPS) is 18.8. The highest BCUT2D eigenvalue weighted by Gasteiger charge is 2.16. The van der Waals surface area contributed by atoms with Gasteiger partial charge in [-0.1, -0.05) is 6.07 Å². The summed E-state index contributed by atoms with van der Waals surface area (Å²) in [6, 6.07) is 6.40. The molecule has 0 spiro atoms. The van der Waals surface area contributed by atoms with Gasteiger partial charge in [-0.15, -0.1) is 0 Å². The van der Waals surface area contributed by atoms with Crippen LogP contribution in [0.5, 0.6) is 0 Å². The molecule has 0 saturated carbocycles. The van der Waals surface area contributed by atoms with Gasteiger partial charge in [-0.3, -0.25) is 4.90 Å². The third-order valence-corrected chi connectivity index (χ3v) is 3.56. The van der Waals surface area contributed by atoms with Crippen LogP contribution in [0, 0.1) is 5.82 Å². The maximum Gasteiger partial charge on any atom is 0.125 e. The van der Waals surface area contributed by atoms with Crippen LogP contribution in [0.3, 0.4) is 0 Å². The highest BCUT2D eigenvalue weighted by atomic mass is 19.1. The van der Waals surface area contributed by atoms with Gasteiger partial charge in [-0.2, -0.15) is 5.10 Å². The zero-order valence-electron chi connectivity index (χ0n) is 12.6. The molecule has 1 aromatic carbocycles. The molecule has 118 valence electrons. The van der Waals surface area contributed by atoms with Gasteiger partial charge < -0.3 is 9.47 Å². The van der Waals surface area contributed by atoms with E-state index in [1.54, 1.807) is 16.9 Å². The molecule has 1 aliphatic heterocycles. The lowest BCUT2D eigenvalue weighted by molar-refractivity contribution is -0.0962. The van der Waals surface area contributed by atoms with E-state index < -0.39 is 0 Å². The molecular formula is C16H20FN3O2. The first-order valence-corrected chi connectivity index (χ1v) is 7.38. The third kappa shape index (κ3) is 3.91. The predicted molar refractivity (Wildman–Crippen MR) is 80.4 cm³/mol. The van der Waals surface area contributed by atoms with Crippen LogP contribution in [0.1, 0.15) is 5.56 Å². The molecule has 3 rings (SSSR count). The molecule has 1 saturated heterocycles. The molecular weight excluding hydrogens is 285 g/mol. The third-order valence-electron chi connectivity index (χ3n) is 3.56. The van der Waals surface area contributed by atoms with Crippen molar-refractivity contribution in [3.63, 3.8) is 0 Å². The molecule has 0 unspecified atom stereocenters. The number of likely N-dealkylation sites (N-methyl/N-ethyl adjacent to an activating group) is 1. The zero-order valence-corrected chi connectivity index (χ0v) is 12.6. The average molecular weight is 305 g/mol. The van der Waals surface area contributed by atoms with Gasteiger partial charge >= 0.3 is 0 Å². The van der Waals surface area contributed by atoms with Crippen molar-refractivity contribution in [3.8, 4) is 5.69 Å². The Morgan fingerprint density at radius 1 is 1.41 bits per heavy atom. The number of hydrogen-bond donors (Lipinski definition) is 0. The van der Waals surface area contributed by atoms with E-state index in [9.17, 15) is 4.39 Å². The highest BCUT2D eigenvalue weighted by molar-refractivity contribution is 5.31. The molecule has 0 radical (unpaired) electrons. The molecule has 0 bridgehead atoms. The van der Waals surface area contributed by atoms with E-state index in [0.717, 1.165) is 24.3 Å². The van der Waals surface area contributed by atoms with Crippen LogP contribution in [-0.4, -0.2) is 54.2 Å². The van der Waals surface area contributed by atoms with E-state index in [-0.39, 0.29) is 11.9 Å². The first kappa shape index (κ1) is 15.1. The van der Waals surface area contributed by atoms with E-state index in [2.05, 4.69) is 10.00 Å². The van der Waals surface area contributed by atoms with Crippen molar-refractivity contribution in [1.29, 1.82) is 0 Å². The molecule has 5 nitrogen and oxygen atoms in total. The molecule has 1 atom stereocenters. The number of hydrogen-bond acceptors (Lipinski definition) is 4. The number of rotatable bonds is 5. The lowest BCUT2D eigenvalue weighted by Crippen LogP contribution is -2.38.